The standard InChI is InChI=1S/C66H39B2N5/c1-5-19-40(20-6-1)69(41-21-7-2-8-22-41)44-35-50-47-28-14-16-34-57(47)72-59-39-58-60-66-61(59)68(54(37-44)64(50)72)55-38-45(70(42-23-9-3-10-24-42)43-25-11-4-12-26-43)36-51-49-30-18-32-53(63(49)73(66)65(51)55)67(60)52-31-17-29-48-46-27-13-15-33-56(46)71(58)62(48)52/h1-39H. The van der Waals surface area contributed by atoms with Crippen molar-refractivity contribution in [3.05, 3.63) is 237 Å². The lowest BCUT2D eigenvalue weighted by Crippen LogP contribution is -2.66. The number of hydrogen-bond donors (Lipinski definition) is 0. The quantitative estimate of drug-likeness (QED) is 0.155. The Labute approximate surface area is 420 Å². The van der Waals surface area contributed by atoms with Crippen molar-refractivity contribution >= 4 is 146 Å². The summed E-state index contributed by atoms with van der Waals surface area (Å²) in [6, 6.07) is 88.7. The van der Waals surface area contributed by atoms with E-state index in [1.165, 1.54) is 115 Å². The van der Waals surface area contributed by atoms with Crippen LogP contribution in [0.3, 0.4) is 0 Å². The van der Waals surface area contributed by atoms with Crippen molar-refractivity contribution < 1.29 is 0 Å². The van der Waals surface area contributed by atoms with Crippen LogP contribution in [0.5, 0.6) is 0 Å². The highest BCUT2D eigenvalue weighted by Crippen LogP contribution is 2.47. The molecule has 11 aromatic carbocycles. The largest absolute Gasteiger partial charge is 0.311 e. The van der Waals surface area contributed by atoms with Gasteiger partial charge >= 0.3 is 0 Å². The van der Waals surface area contributed by atoms with Crippen molar-refractivity contribution in [3.8, 4) is 17.1 Å². The van der Waals surface area contributed by atoms with Crippen LogP contribution in [0.1, 0.15) is 0 Å². The van der Waals surface area contributed by atoms with Crippen molar-refractivity contribution in [3.63, 3.8) is 0 Å². The van der Waals surface area contributed by atoms with Crippen molar-refractivity contribution in [2.24, 2.45) is 0 Å². The molecule has 18 rings (SSSR count). The van der Waals surface area contributed by atoms with E-state index < -0.39 is 0 Å². The van der Waals surface area contributed by atoms with Gasteiger partial charge in [0.2, 0.25) is 0 Å². The fraction of sp³-hybridized carbons (Fsp3) is 0. The molecule has 73 heavy (non-hydrogen) atoms. The molecule has 7 heteroatoms. The third kappa shape index (κ3) is 4.71. The Morgan fingerprint density at radius 3 is 1.11 bits per heavy atom. The zero-order chi connectivity index (χ0) is 47.2. The van der Waals surface area contributed by atoms with Crippen molar-refractivity contribution in [1.29, 1.82) is 0 Å². The molecule has 0 amide bonds. The highest BCUT2D eigenvalue weighted by Gasteiger charge is 2.49. The third-order valence-corrected chi connectivity index (χ3v) is 16.9. The molecule has 0 spiro atoms. The maximum absolute atomic E-state index is 2.73. The first-order valence-corrected chi connectivity index (χ1v) is 25.5. The van der Waals surface area contributed by atoms with Gasteiger partial charge < -0.3 is 23.5 Å². The van der Waals surface area contributed by atoms with Crippen LogP contribution in [0.25, 0.3) is 82.5 Å². The van der Waals surface area contributed by atoms with Gasteiger partial charge in [-0.15, -0.1) is 0 Å². The number of rotatable bonds is 6. The summed E-state index contributed by atoms with van der Waals surface area (Å²) in [6.45, 7) is -0.0830. The topological polar surface area (TPSA) is 21.3 Å². The Balaban J connectivity index is 1.06. The zero-order valence-electron chi connectivity index (χ0n) is 39.4. The van der Waals surface area contributed by atoms with E-state index in [1.54, 1.807) is 0 Å². The molecule has 14 aromatic rings. The minimum Gasteiger partial charge on any atom is -0.311 e. The molecule has 0 atom stereocenters. The molecule has 4 aliphatic heterocycles. The first-order valence-electron chi connectivity index (χ1n) is 25.5. The smallest absolute Gasteiger partial charge is 0.252 e. The summed E-state index contributed by atoms with van der Waals surface area (Å²) in [5.74, 6) is 0. The van der Waals surface area contributed by atoms with E-state index in [0.29, 0.717) is 0 Å². The average molecular weight is 924 g/mol. The second-order valence-electron chi connectivity index (χ2n) is 20.4. The molecule has 5 nitrogen and oxygen atoms in total. The molecular weight excluding hydrogens is 884 g/mol. The van der Waals surface area contributed by atoms with Crippen LogP contribution < -0.4 is 42.6 Å². The number of hydrogen-bond acceptors (Lipinski definition) is 2. The summed E-state index contributed by atoms with van der Waals surface area (Å²) in [7, 11) is 0. The minimum atomic E-state index is -0.114. The van der Waals surface area contributed by atoms with E-state index in [9.17, 15) is 0 Å². The Morgan fingerprint density at radius 2 is 0.616 bits per heavy atom. The molecule has 0 N–H and O–H groups in total. The van der Waals surface area contributed by atoms with Crippen LogP contribution in [0, 0.1) is 0 Å². The molecule has 0 radical (unpaired) electrons. The summed E-state index contributed by atoms with van der Waals surface area (Å²) in [5.41, 5.74) is 26.5. The van der Waals surface area contributed by atoms with Gasteiger partial charge in [0.25, 0.3) is 13.4 Å². The number of para-hydroxylation sites is 8. The van der Waals surface area contributed by atoms with Crippen LogP contribution in [0.2, 0.25) is 0 Å². The fourth-order valence-corrected chi connectivity index (χ4v) is 14.3. The van der Waals surface area contributed by atoms with Crippen LogP contribution in [0.15, 0.2) is 237 Å². The second kappa shape index (κ2) is 13.7. The zero-order valence-corrected chi connectivity index (χ0v) is 39.4. The number of nitrogens with zero attached hydrogens (tertiary/aromatic N) is 5. The predicted octanol–water partition coefficient (Wildman–Crippen LogP) is 12.2. The van der Waals surface area contributed by atoms with Crippen LogP contribution in [0.4, 0.5) is 34.1 Å². The molecule has 7 heterocycles. The van der Waals surface area contributed by atoms with Crippen LogP contribution in [-0.4, -0.2) is 27.1 Å². The molecule has 3 aromatic heterocycles. The van der Waals surface area contributed by atoms with Gasteiger partial charge in [-0.2, -0.15) is 0 Å². The molecule has 0 fully saturated rings. The SMILES string of the molecule is c1ccc(N(c2ccccc2)c2cc3c4c(c2)c2ccccc2n4-c2cc4c5c6c2B3c2cc(N(c3ccccc3)c3ccccc3)cc3c7cccc(c7n-6c23)B5c2cccc3c5ccccc5n-4c23)cc1. The molecule has 0 saturated carbocycles. The van der Waals surface area contributed by atoms with Crippen molar-refractivity contribution in [1.82, 2.24) is 13.7 Å². The van der Waals surface area contributed by atoms with E-state index >= 15 is 0 Å². The van der Waals surface area contributed by atoms with Gasteiger partial charge in [0, 0.05) is 106 Å². The van der Waals surface area contributed by atoms with Crippen LogP contribution >= 0.6 is 0 Å². The normalized spacial score (nSPS) is 13.2. The van der Waals surface area contributed by atoms with Crippen LogP contribution in [-0.2, 0) is 0 Å². The molecule has 4 aliphatic rings. The van der Waals surface area contributed by atoms with Gasteiger partial charge in [0.05, 0.1) is 11.0 Å². The Hall–Kier alpha value is -9.45. The lowest BCUT2D eigenvalue weighted by molar-refractivity contribution is 1.11. The van der Waals surface area contributed by atoms with Gasteiger partial charge in [-0.05, 0) is 124 Å². The Kier molecular flexibility index (Phi) is 7.19. The van der Waals surface area contributed by atoms with E-state index in [4.69, 9.17) is 0 Å². The highest BCUT2D eigenvalue weighted by atomic mass is 15.2. The summed E-state index contributed by atoms with van der Waals surface area (Å²) < 4.78 is 8.00. The first kappa shape index (κ1) is 38.3. The van der Waals surface area contributed by atoms with E-state index in [-0.39, 0.29) is 13.4 Å². The molecule has 0 unspecified atom stereocenters. The predicted molar refractivity (Wildman–Crippen MR) is 308 cm³/mol. The van der Waals surface area contributed by atoms with Gasteiger partial charge in [0.15, 0.2) is 0 Å². The number of aromatic nitrogens is 3. The number of fused-ring (bicyclic) bond motifs is 13. The third-order valence-electron chi connectivity index (χ3n) is 16.9. The van der Waals surface area contributed by atoms with E-state index in [1.807, 2.05) is 0 Å². The number of anilines is 6. The summed E-state index contributed by atoms with van der Waals surface area (Å²) in [6.07, 6.45) is 0. The molecule has 0 aliphatic carbocycles. The fourth-order valence-electron chi connectivity index (χ4n) is 14.3. The highest BCUT2D eigenvalue weighted by molar-refractivity contribution is 7.04. The van der Waals surface area contributed by atoms with Gasteiger partial charge in [0.1, 0.15) is 0 Å². The molecule has 0 saturated heterocycles. The van der Waals surface area contributed by atoms with Gasteiger partial charge in [-0.1, -0.05) is 146 Å². The maximum Gasteiger partial charge on any atom is 0.252 e. The second-order valence-corrected chi connectivity index (χ2v) is 20.4. The minimum absolute atomic E-state index is 0.0314. The van der Waals surface area contributed by atoms with E-state index in [0.717, 1.165) is 34.1 Å². The van der Waals surface area contributed by atoms with Gasteiger partial charge in [-0.25, -0.2) is 0 Å². The maximum atomic E-state index is 2.73. The molecule has 0 bridgehead atoms. The number of benzene rings is 11. The summed E-state index contributed by atoms with van der Waals surface area (Å²) in [4.78, 5) is 4.91. The van der Waals surface area contributed by atoms with Gasteiger partial charge in [-0.3, -0.25) is 0 Å². The summed E-state index contributed by atoms with van der Waals surface area (Å²) >= 11 is 0. The Bertz CT molecular complexity index is 4670. The Morgan fingerprint density at radius 1 is 0.260 bits per heavy atom. The lowest BCUT2D eigenvalue weighted by atomic mass is 9.30. The average Bonchev–Trinajstić information content (AvgIpc) is 4.10. The monoisotopic (exact) mass is 923 g/mol. The van der Waals surface area contributed by atoms with E-state index in [2.05, 4.69) is 260 Å². The van der Waals surface area contributed by atoms with Crippen molar-refractivity contribution in [2.75, 3.05) is 9.80 Å². The molecule has 334 valence electrons. The van der Waals surface area contributed by atoms with Crippen molar-refractivity contribution in [2.45, 2.75) is 0 Å². The first-order chi connectivity index (χ1) is 36.3. The summed E-state index contributed by atoms with van der Waals surface area (Å²) in [5, 5.41) is 7.68. The lowest BCUT2D eigenvalue weighted by Gasteiger charge is -2.41. The molecular formula is C66H39B2N5.